The number of carbonyl (C=O) groups excluding carboxylic acids is 1. The van der Waals surface area contributed by atoms with Gasteiger partial charge in [0.25, 0.3) is 0 Å². The molecule has 1 amide bonds. The second-order valence-corrected chi connectivity index (χ2v) is 5.23. The maximum Gasteiger partial charge on any atom is 0.227 e. The Kier molecular flexibility index (Phi) is 4.77. The lowest BCUT2D eigenvalue weighted by atomic mass is 10.1. The lowest BCUT2D eigenvalue weighted by Gasteiger charge is -2.23. The third-order valence-electron chi connectivity index (χ3n) is 3.90. The SMILES string of the molecule is COC[C@@H]1C[C@@H](OC)CN1C(=O)Cc1c(C)noc1C. The van der Waals surface area contributed by atoms with Crippen LogP contribution in [0.4, 0.5) is 0 Å². The van der Waals surface area contributed by atoms with Crippen molar-refractivity contribution in [2.24, 2.45) is 0 Å². The van der Waals surface area contributed by atoms with Crippen LogP contribution >= 0.6 is 0 Å². The summed E-state index contributed by atoms with van der Waals surface area (Å²) in [7, 11) is 3.33. The van der Waals surface area contributed by atoms with E-state index in [1.165, 1.54) is 0 Å². The number of nitrogens with zero attached hydrogens (tertiary/aromatic N) is 2. The minimum absolute atomic E-state index is 0.0704. The largest absolute Gasteiger partial charge is 0.383 e. The highest BCUT2D eigenvalue weighted by Crippen LogP contribution is 2.22. The van der Waals surface area contributed by atoms with E-state index in [4.69, 9.17) is 14.0 Å². The zero-order valence-electron chi connectivity index (χ0n) is 12.5. The minimum Gasteiger partial charge on any atom is -0.383 e. The molecule has 20 heavy (non-hydrogen) atoms. The number of aromatic nitrogens is 1. The molecule has 0 radical (unpaired) electrons. The van der Waals surface area contributed by atoms with Crippen molar-refractivity contribution in [1.29, 1.82) is 0 Å². The molecule has 0 aromatic carbocycles. The Labute approximate surface area is 119 Å². The molecule has 6 heteroatoms. The molecule has 112 valence electrons. The summed E-state index contributed by atoms with van der Waals surface area (Å²) in [5.74, 6) is 0.780. The average Bonchev–Trinajstić information content (AvgIpc) is 2.97. The van der Waals surface area contributed by atoms with E-state index in [9.17, 15) is 4.79 Å². The number of likely N-dealkylation sites (tertiary alicyclic amines) is 1. The van der Waals surface area contributed by atoms with Crippen molar-refractivity contribution in [2.45, 2.75) is 38.8 Å². The molecule has 1 aromatic rings. The van der Waals surface area contributed by atoms with Crippen molar-refractivity contribution in [1.82, 2.24) is 10.1 Å². The van der Waals surface area contributed by atoms with E-state index < -0.39 is 0 Å². The maximum absolute atomic E-state index is 12.5. The van der Waals surface area contributed by atoms with Gasteiger partial charge in [0.05, 0.1) is 30.9 Å². The molecular weight excluding hydrogens is 260 g/mol. The van der Waals surface area contributed by atoms with Crippen LogP contribution in [0, 0.1) is 13.8 Å². The molecule has 1 aromatic heterocycles. The number of ether oxygens (including phenoxy) is 2. The summed E-state index contributed by atoms with van der Waals surface area (Å²) in [6.07, 6.45) is 1.22. The average molecular weight is 282 g/mol. The van der Waals surface area contributed by atoms with Crippen LogP contribution in [0.3, 0.4) is 0 Å². The summed E-state index contributed by atoms with van der Waals surface area (Å²) in [5, 5.41) is 3.89. The summed E-state index contributed by atoms with van der Waals surface area (Å²) < 4.78 is 15.7. The van der Waals surface area contributed by atoms with E-state index in [0.29, 0.717) is 25.3 Å². The molecule has 0 bridgehead atoms. The molecule has 1 fully saturated rings. The number of amides is 1. The Bertz CT molecular complexity index is 452. The summed E-state index contributed by atoms with van der Waals surface area (Å²) in [5.41, 5.74) is 1.66. The number of methoxy groups -OCH3 is 2. The first kappa shape index (κ1) is 15.0. The fourth-order valence-corrected chi connectivity index (χ4v) is 2.71. The zero-order valence-corrected chi connectivity index (χ0v) is 12.5. The number of aryl methyl sites for hydroxylation is 2. The van der Waals surface area contributed by atoms with Crippen LogP contribution in [0.1, 0.15) is 23.4 Å². The lowest BCUT2D eigenvalue weighted by molar-refractivity contribution is -0.132. The first-order valence-electron chi connectivity index (χ1n) is 6.79. The molecular formula is C14H22N2O4. The van der Waals surface area contributed by atoms with Crippen LogP contribution in [-0.2, 0) is 20.7 Å². The predicted octanol–water partition coefficient (Wildman–Crippen LogP) is 1.10. The Balaban J connectivity index is 2.07. The number of hydrogen-bond acceptors (Lipinski definition) is 5. The van der Waals surface area contributed by atoms with Gasteiger partial charge in [-0.1, -0.05) is 5.16 Å². The van der Waals surface area contributed by atoms with Gasteiger partial charge in [-0.25, -0.2) is 0 Å². The second-order valence-electron chi connectivity index (χ2n) is 5.23. The molecule has 1 aliphatic rings. The summed E-state index contributed by atoms with van der Waals surface area (Å²) in [6.45, 7) is 4.84. The second kappa shape index (κ2) is 6.37. The van der Waals surface area contributed by atoms with E-state index in [-0.39, 0.29) is 18.1 Å². The fraction of sp³-hybridized carbons (Fsp3) is 0.714. The van der Waals surface area contributed by atoms with Gasteiger partial charge in [0.15, 0.2) is 0 Å². The number of rotatable bonds is 5. The van der Waals surface area contributed by atoms with E-state index in [2.05, 4.69) is 5.16 Å². The highest BCUT2D eigenvalue weighted by Gasteiger charge is 2.35. The molecule has 0 unspecified atom stereocenters. The number of carbonyl (C=O) groups is 1. The smallest absolute Gasteiger partial charge is 0.227 e. The maximum atomic E-state index is 12.5. The summed E-state index contributed by atoms with van der Waals surface area (Å²) in [4.78, 5) is 14.4. The lowest BCUT2D eigenvalue weighted by Crippen LogP contribution is -2.39. The Morgan fingerprint density at radius 1 is 1.45 bits per heavy atom. The molecule has 0 N–H and O–H groups in total. The molecule has 0 aliphatic carbocycles. The van der Waals surface area contributed by atoms with Crippen LogP contribution in [-0.4, -0.2) is 55.5 Å². The Hall–Kier alpha value is -1.40. The molecule has 2 heterocycles. The highest BCUT2D eigenvalue weighted by molar-refractivity contribution is 5.80. The third-order valence-corrected chi connectivity index (χ3v) is 3.90. The van der Waals surface area contributed by atoms with Crippen molar-refractivity contribution >= 4 is 5.91 Å². The van der Waals surface area contributed by atoms with Crippen LogP contribution in [0.25, 0.3) is 0 Å². The first-order chi connectivity index (χ1) is 9.56. The van der Waals surface area contributed by atoms with Gasteiger partial charge < -0.3 is 18.9 Å². The van der Waals surface area contributed by atoms with E-state index in [0.717, 1.165) is 17.7 Å². The first-order valence-corrected chi connectivity index (χ1v) is 6.79. The Morgan fingerprint density at radius 2 is 2.20 bits per heavy atom. The van der Waals surface area contributed by atoms with Crippen molar-refractivity contribution in [3.63, 3.8) is 0 Å². The molecule has 2 rings (SSSR count). The van der Waals surface area contributed by atoms with E-state index in [1.54, 1.807) is 14.2 Å². The minimum atomic E-state index is 0.0704. The quantitative estimate of drug-likeness (QED) is 0.809. The Morgan fingerprint density at radius 3 is 2.75 bits per heavy atom. The van der Waals surface area contributed by atoms with Gasteiger partial charge in [0.1, 0.15) is 5.76 Å². The summed E-state index contributed by atoms with van der Waals surface area (Å²) in [6, 6.07) is 0.0814. The molecule has 6 nitrogen and oxygen atoms in total. The highest BCUT2D eigenvalue weighted by atomic mass is 16.5. The van der Waals surface area contributed by atoms with E-state index >= 15 is 0 Å². The zero-order chi connectivity index (χ0) is 14.7. The van der Waals surface area contributed by atoms with Crippen LogP contribution < -0.4 is 0 Å². The van der Waals surface area contributed by atoms with Gasteiger partial charge in [-0.3, -0.25) is 4.79 Å². The monoisotopic (exact) mass is 282 g/mol. The van der Waals surface area contributed by atoms with Crippen molar-refractivity contribution in [3.8, 4) is 0 Å². The normalized spacial score (nSPS) is 22.5. The van der Waals surface area contributed by atoms with Crippen LogP contribution in [0.2, 0.25) is 0 Å². The molecule has 0 saturated carbocycles. The van der Waals surface area contributed by atoms with Gasteiger partial charge in [-0.15, -0.1) is 0 Å². The van der Waals surface area contributed by atoms with Crippen molar-refractivity contribution in [3.05, 3.63) is 17.0 Å². The van der Waals surface area contributed by atoms with Gasteiger partial charge in [0, 0.05) is 26.3 Å². The molecule has 2 atom stereocenters. The van der Waals surface area contributed by atoms with Crippen molar-refractivity contribution in [2.75, 3.05) is 27.4 Å². The van der Waals surface area contributed by atoms with Crippen molar-refractivity contribution < 1.29 is 18.8 Å². The molecule has 0 spiro atoms. The molecule has 1 aliphatic heterocycles. The fourth-order valence-electron chi connectivity index (χ4n) is 2.71. The van der Waals surface area contributed by atoms with Gasteiger partial charge in [-0.05, 0) is 20.3 Å². The van der Waals surface area contributed by atoms with Crippen LogP contribution in [0.5, 0.6) is 0 Å². The molecule has 1 saturated heterocycles. The van der Waals surface area contributed by atoms with Crippen LogP contribution in [0.15, 0.2) is 4.52 Å². The number of hydrogen-bond donors (Lipinski definition) is 0. The van der Waals surface area contributed by atoms with Gasteiger partial charge >= 0.3 is 0 Å². The predicted molar refractivity (Wildman–Crippen MR) is 72.5 cm³/mol. The summed E-state index contributed by atoms with van der Waals surface area (Å²) >= 11 is 0. The third kappa shape index (κ3) is 3.02. The standard InChI is InChI=1S/C14H22N2O4/c1-9-13(10(2)20-15-9)6-14(17)16-7-12(19-4)5-11(16)8-18-3/h11-12H,5-8H2,1-4H3/t11-,12+/m0/s1. The van der Waals surface area contributed by atoms with Gasteiger partial charge in [-0.2, -0.15) is 0 Å². The van der Waals surface area contributed by atoms with Gasteiger partial charge in [0.2, 0.25) is 5.91 Å². The topological polar surface area (TPSA) is 64.8 Å². The van der Waals surface area contributed by atoms with E-state index in [1.807, 2.05) is 18.7 Å².